The number of carboxylic acid groups (broad SMARTS) is 1. The molecule has 0 amide bonds. The largest absolute Gasteiger partial charge is 0.478 e. The summed E-state index contributed by atoms with van der Waals surface area (Å²) in [4.78, 5) is 10.9. The number of hydrogen-bond donors (Lipinski definition) is 2. The molecule has 2 aromatic carbocycles. The molecule has 0 saturated heterocycles. The van der Waals surface area contributed by atoms with Crippen molar-refractivity contribution in [2.75, 3.05) is 5.73 Å². The number of anilines is 1. The summed E-state index contributed by atoms with van der Waals surface area (Å²) in [6.45, 7) is 0. The van der Waals surface area contributed by atoms with Gasteiger partial charge in [0.1, 0.15) is 11.6 Å². The quantitative estimate of drug-likeness (QED) is 0.836. The number of nitrogen functional groups attached to an aromatic ring is 1. The van der Waals surface area contributed by atoms with Crippen LogP contribution in [0.1, 0.15) is 10.4 Å². The molecule has 0 saturated carbocycles. The molecule has 98 valence electrons. The first kappa shape index (κ1) is 12.8. The molecule has 0 unspecified atom stereocenters. The second kappa shape index (κ2) is 4.93. The number of aromatic carboxylic acids is 1. The predicted octanol–water partition coefficient (Wildman–Crippen LogP) is 3.04. The number of halogens is 2. The van der Waals surface area contributed by atoms with E-state index in [1.54, 1.807) is 0 Å². The summed E-state index contributed by atoms with van der Waals surface area (Å²) in [5, 5.41) is 8.89. The minimum atomic E-state index is -1.23. The molecule has 6 heteroatoms. The molecule has 0 aliphatic heterocycles. The van der Waals surface area contributed by atoms with Gasteiger partial charge in [0.2, 0.25) is 0 Å². The summed E-state index contributed by atoms with van der Waals surface area (Å²) in [7, 11) is 0. The van der Waals surface area contributed by atoms with Crippen LogP contribution in [0, 0.1) is 11.6 Å². The first-order valence-electron chi connectivity index (χ1n) is 5.23. The van der Waals surface area contributed by atoms with Crippen molar-refractivity contribution in [3.8, 4) is 11.5 Å². The van der Waals surface area contributed by atoms with E-state index < -0.39 is 17.6 Å². The third-order valence-corrected chi connectivity index (χ3v) is 2.38. The fourth-order valence-corrected chi connectivity index (χ4v) is 1.47. The molecule has 0 aliphatic carbocycles. The summed E-state index contributed by atoms with van der Waals surface area (Å²) < 4.78 is 31.4. The Morgan fingerprint density at radius 3 is 2.58 bits per heavy atom. The average molecular weight is 265 g/mol. The van der Waals surface area contributed by atoms with Crippen LogP contribution in [-0.2, 0) is 0 Å². The fourth-order valence-electron chi connectivity index (χ4n) is 1.47. The zero-order valence-electron chi connectivity index (χ0n) is 9.56. The van der Waals surface area contributed by atoms with Gasteiger partial charge in [-0.05, 0) is 30.3 Å². The van der Waals surface area contributed by atoms with E-state index in [1.807, 2.05) is 0 Å². The minimum absolute atomic E-state index is 0.0519. The standard InChI is InChI=1S/C13H9F2NO3/c14-7-1-3-10(15)12(5-7)19-8-2-4-11(16)9(6-8)13(17)18/h1-6H,16H2,(H,17,18). The molecule has 0 fully saturated rings. The van der Waals surface area contributed by atoms with Crippen molar-refractivity contribution in [2.45, 2.75) is 0 Å². The number of rotatable bonds is 3. The van der Waals surface area contributed by atoms with Gasteiger partial charge in [-0.3, -0.25) is 0 Å². The fraction of sp³-hybridized carbons (Fsp3) is 0. The molecule has 19 heavy (non-hydrogen) atoms. The van der Waals surface area contributed by atoms with Crippen molar-refractivity contribution >= 4 is 11.7 Å². The lowest BCUT2D eigenvalue weighted by molar-refractivity contribution is 0.0697. The molecular formula is C13H9F2NO3. The van der Waals surface area contributed by atoms with Crippen molar-refractivity contribution in [3.63, 3.8) is 0 Å². The van der Waals surface area contributed by atoms with Crippen LogP contribution in [0.15, 0.2) is 36.4 Å². The van der Waals surface area contributed by atoms with Crippen LogP contribution in [-0.4, -0.2) is 11.1 Å². The Morgan fingerprint density at radius 1 is 1.16 bits per heavy atom. The maximum absolute atomic E-state index is 13.4. The Labute approximate surface area is 107 Å². The van der Waals surface area contributed by atoms with E-state index in [9.17, 15) is 13.6 Å². The van der Waals surface area contributed by atoms with Gasteiger partial charge in [0.15, 0.2) is 11.6 Å². The summed E-state index contributed by atoms with van der Waals surface area (Å²) in [5.74, 6) is -2.93. The van der Waals surface area contributed by atoms with Crippen LogP contribution in [0.5, 0.6) is 11.5 Å². The SMILES string of the molecule is Nc1ccc(Oc2cc(F)ccc2F)cc1C(=O)O. The zero-order valence-corrected chi connectivity index (χ0v) is 9.56. The summed E-state index contributed by atoms with van der Waals surface area (Å²) in [5.41, 5.74) is 5.35. The predicted molar refractivity (Wildman–Crippen MR) is 64.2 cm³/mol. The van der Waals surface area contributed by atoms with Crippen LogP contribution >= 0.6 is 0 Å². The zero-order chi connectivity index (χ0) is 14.0. The van der Waals surface area contributed by atoms with E-state index in [0.717, 1.165) is 24.3 Å². The van der Waals surface area contributed by atoms with Gasteiger partial charge in [-0.25, -0.2) is 13.6 Å². The van der Waals surface area contributed by atoms with E-state index >= 15 is 0 Å². The smallest absolute Gasteiger partial charge is 0.337 e. The highest BCUT2D eigenvalue weighted by Gasteiger charge is 2.11. The van der Waals surface area contributed by atoms with Gasteiger partial charge in [-0.2, -0.15) is 0 Å². The molecule has 3 N–H and O–H groups in total. The van der Waals surface area contributed by atoms with E-state index in [4.69, 9.17) is 15.6 Å². The van der Waals surface area contributed by atoms with Gasteiger partial charge in [0.25, 0.3) is 0 Å². The molecule has 2 rings (SSSR count). The number of nitrogens with two attached hydrogens (primary N) is 1. The van der Waals surface area contributed by atoms with Crippen LogP contribution in [0.2, 0.25) is 0 Å². The topological polar surface area (TPSA) is 72.5 Å². The number of hydrogen-bond acceptors (Lipinski definition) is 3. The second-order valence-electron chi connectivity index (χ2n) is 3.73. The Kier molecular flexibility index (Phi) is 3.33. The summed E-state index contributed by atoms with van der Waals surface area (Å²) >= 11 is 0. The van der Waals surface area contributed by atoms with Crippen molar-refractivity contribution in [2.24, 2.45) is 0 Å². The molecule has 0 bridgehead atoms. The number of carboxylic acids is 1. The first-order valence-corrected chi connectivity index (χ1v) is 5.23. The highest BCUT2D eigenvalue weighted by molar-refractivity contribution is 5.94. The average Bonchev–Trinajstić information content (AvgIpc) is 2.36. The molecule has 0 heterocycles. The van der Waals surface area contributed by atoms with Crippen molar-refractivity contribution in [1.82, 2.24) is 0 Å². The first-order chi connectivity index (χ1) is 8.97. The number of ether oxygens (including phenoxy) is 1. The van der Waals surface area contributed by atoms with Crippen molar-refractivity contribution < 1.29 is 23.4 Å². The minimum Gasteiger partial charge on any atom is -0.478 e. The van der Waals surface area contributed by atoms with Gasteiger partial charge in [0.05, 0.1) is 5.56 Å². The maximum atomic E-state index is 13.4. The monoisotopic (exact) mass is 265 g/mol. The molecule has 0 radical (unpaired) electrons. The molecule has 2 aromatic rings. The number of carbonyl (C=O) groups is 1. The van der Waals surface area contributed by atoms with Crippen LogP contribution in [0.3, 0.4) is 0 Å². The molecule has 0 aliphatic rings. The summed E-state index contributed by atoms with van der Waals surface area (Å²) in [6.07, 6.45) is 0. The maximum Gasteiger partial charge on any atom is 0.337 e. The van der Waals surface area contributed by atoms with Gasteiger partial charge in [-0.15, -0.1) is 0 Å². The molecular weight excluding hydrogens is 256 g/mol. The molecule has 4 nitrogen and oxygen atoms in total. The Bertz CT molecular complexity index is 644. The third kappa shape index (κ3) is 2.79. The van der Waals surface area contributed by atoms with Crippen LogP contribution in [0.25, 0.3) is 0 Å². The normalized spacial score (nSPS) is 10.2. The van der Waals surface area contributed by atoms with E-state index in [-0.39, 0.29) is 22.7 Å². The third-order valence-electron chi connectivity index (χ3n) is 2.38. The van der Waals surface area contributed by atoms with Gasteiger partial charge < -0.3 is 15.6 Å². The van der Waals surface area contributed by atoms with Gasteiger partial charge in [0, 0.05) is 11.8 Å². The highest BCUT2D eigenvalue weighted by Crippen LogP contribution is 2.27. The van der Waals surface area contributed by atoms with Crippen LogP contribution < -0.4 is 10.5 Å². The summed E-state index contributed by atoms with van der Waals surface area (Å²) in [6, 6.07) is 6.56. The second-order valence-corrected chi connectivity index (χ2v) is 3.73. The molecule has 0 spiro atoms. The Hall–Kier alpha value is -2.63. The molecule has 0 aromatic heterocycles. The Morgan fingerprint density at radius 2 is 1.89 bits per heavy atom. The van der Waals surface area contributed by atoms with E-state index in [0.29, 0.717) is 0 Å². The molecule has 0 atom stereocenters. The number of benzene rings is 2. The van der Waals surface area contributed by atoms with Crippen molar-refractivity contribution in [1.29, 1.82) is 0 Å². The Balaban J connectivity index is 2.36. The van der Waals surface area contributed by atoms with E-state index in [1.165, 1.54) is 12.1 Å². The highest BCUT2D eigenvalue weighted by atomic mass is 19.1. The lowest BCUT2D eigenvalue weighted by Crippen LogP contribution is -2.02. The van der Waals surface area contributed by atoms with Gasteiger partial charge >= 0.3 is 5.97 Å². The van der Waals surface area contributed by atoms with Gasteiger partial charge in [-0.1, -0.05) is 0 Å². The van der Waals surface area contributed by atoms with E-state index in [2.05, 4.69) is 0 Å². The lowest BCUT2D eigenvalue weighted by atomic mass is 10.2. The lowest BCUT2D eigenvalue weighted by Gasteiger charge is -2.08. The van der Waals surface area contributed by atoms with Crippen LogP contribution in [0.4, 0.5) is 14.5 Å². The van der Waals surface area contributed by atoms with Crippen molar-refractivity contribution in [3.05, 3.63) is 53.6 Å².